The summed E-state index contributed by atoms with van der Waals surface area (Å²) < 4.78 is 14.0. The molecule has 1 amide bonds. The van der Waals surface area contributed by atoms with Gasteiger partial charge in [0.1, 0.15) is 5.82 Å². The smallest absolute Gasteiger partial charge is 0.258 e. The number of carbonyl (C=O) groups excluding carboxylic acids is 1. The molecule has 1 fully saturated rings. The summed E-state index contributed by atoms with van der Waals surface area (Å²) in [6.07, 6.45) is 0.776. The highest BCUT2D eigenvalue weighted by Gasteiger charge is 2.27. The molecule has 1 aliphatic rings. The number of rotatable bonds is 1. The Morgan fingerprint density at radius 1 is 1.53 bits per heavy atom. The van der Waals surface area contributed by atoms with Gasteiger partial charge in [0.2, 0.25) is 0 Å². The molecular weight excluding hydrogens is 310 g/mol. The number of amides is 1. The number of likely N-dealkylation sites (tertiary alicyclic amines) is 1. The predicted octanol–water partition coefficient (Wildman–Crippen LogP) is 2.18. The van der Waals surface area contributed by atoms with Gasteiger partial charge in [0, 0.05) is 23.6 Å². The lowest BCUT2D eigenvalue weighted by Crippen LogP contribution is -2.32. The molecule has 1 aromatic rings. The van der Waals surface area contributed by atoms with Crippen molar-refractivity contribution in [3.05, 3.63) is 34.1 Å². The largest absolute Gasteiger partial charge is 0.337 e. The lowest BCUT2D eigenvalue weighted by Gasteiger charge is -2.16. The number of nitrogens with zero attached hydrogens (tertiary/aromatic N) is 1. The number of nitrogens with two attached hydrogens (primary N) is 1. The third-order valence-corrected chi connectivity index (χ3v) is 3.35. The average molecular weight is 324 g/mol. The van der Waals surface area contributed by atoms with Crippen molar-refractivity contribution in [1.29, 1.82) is 0 Å². The molecule has 1 aliphatic heterocycles. The second-order valence-electron chi connectivity index (χ2n) is 3.90. The highest BCUT2D eigenvalue weighted by molar-refractivity contribution is 9.10. The van der Waals surface area contributed by atoms with Gasteiger partial charge in [-0.05, 0) is 34.5 Å². The Hall–Kier alpha value is -0.650. The third-order valence-electron chi connectivity index (χ3n) is 2.69. The lowest BCUT2D eigenvalue weighted by atomic mass is 10.2. The molecule has 0 radical (unpaired) electrons. The summed E-state index contributed by atoms with van der Waals surface area (Å²) >= 11 is 3.19. The van der Waals surface area contributed by atoms with Crippen molar-refractivity contribution in [3.63, 3.8) is 0 Å². The van der Waals surface area contributed by atoms with Gasteiger partial charge in [-0.15, -0.1) is 12.4 Å². The molecule has 0 unspecified atom stereocenters. The van der Waals surface area contributed by atoms with Crippen LogP contribution in [0.5, 0.6) is 0 Å². The Morgan fingerprint density at radius 3 is 2.76 bits per heavy atom. The Bertz CT molecular complexity index is 410. The van der Waals surface area contributed by atoms with Crippen molar-refractivity contribution < 1.29 is 9.18 Å². The first kappa shape index (κ1) is 14.4. The van der Waals surface area contributed by atoms with Crippen LogP contribution in [-0.4, -0.2) is 29.9 Å². The summed E-state index contributed by atoms with van der Waals surface area (Å²) in [6, 6.07) is 4.51. The summed E-state index contributed by atoms with van der Waals surface area (Å²) in [6.45, 7) is 1.10. The molecule has 3 nitrogen and oxygen atoms in total. The third kappa shape index (κ3) is 2.97. The Labute approximate surface area is 114 Å². The van der Waals surface area contributed by atoms with Gasteiger partial charge < -0.3 is 10.6 Å². The van der Waals surface area contributed by atoms with Crippen LogP contribution in [0, 0.1) is 5.82 Å². The molecule has 2 rings (SSSR count). The monoisotopic (exact) mass is 322 g/mol. The quantitative estimate of drug-likeness (QED) is 0.861. The zero-order chi connectivity index (χ0) is 11.7. The fourth-order valence-electron chi connectivity index (χ4n) is 1.83. The minimum Gasteiger partial charge on any atom is -0.337 e. The molecule has 17 heavy (non-hydrogen) atoms. The van der Waals surface area contributed by atoms with Crippen LogP contribution in [-0.2, 0) is 0 Å². The van der Waals surface area contributed by atoms with E-state index in [2.05, 4.69) is 15.9 Å². The van der Waals surface area contributed by atoms with Crippen LogP contribution < -0.4 is 5.73 Å². The predicted molar refractivity (Wildman–Crippen MR) is 69.8 cm³/mol. The van der Waals surface area contributed by atoms with E-state index in [1.54, 1.807) is 17.0 Å². The van der Waals surface area contributed by atoms with Crippen LogP contribution >= 0.6 is 28.3 Å². The summed E-state index contributed by atoms with van der Waals surface area (Å²) in [5.41, 5.74) is 5.81. The van der Waals surface area contributed by atoms with Gasteiger partial charge in [-0.2, -0.15) is 0 Å². The molecule has 0 aliphatic carbocycles. The maximum Gasteiger partial charge on any atom is 0.258 e. The summed E-state index contributed by atoms with van der Waals surface area (Å²) in [7, 11) is 0. The molecule has 1 atom stereocenters. The summed E-state index contributed by atoms with van der Waals surface area (Å²) in [5, 5.41) is 0. The van der Waals surface area contributed by atoms with Gasteiger partial charge in [0.15, 0.2) is 0 Å². The molecule has 0 saturated carbocycles. The SMILES string of the molecule is Cl.N[C@@H]1CCN(C(=O)c2c(F)cccc2Br)C1. The zero-order valence-electron chi connectivity index (χ0n) is 9.03. The molecule has 0 spiro atoms. The van der Waals surface area contributed by atoms with E-state index in [9.17, 15) is 9.18 Å². The Balaban J connectivity index is 0.00000144. The standard InChI is InChI=1S/C11H12BrFN2O.ClH/c12-8-2-1-3-9(13)10(8)11(16)15-5-4-7(14)6-15;/h1-3,7H,4-6,14H2;1H/t7-;/m1./s1. The first-order chi connectivity index (χ1) is 7.59. The van der Waals surface area contributed by atoms with Gasteiger partial charge >= 0.3 is 0 Å². The first-order valence-corrected chi connectivity index (χ1v) is 5.87. The fraction of sp³-hybridized carbons (Fsp3) is 0.364. The normalized spacial score (nSPS) is 19.0. The van der Waals surface area contributed by atoms with Crippen LogP contribution in [0.15, 0.2) is 22.7 Å². The van der Waals surface area contributed by atoms with Gasteiger partial charge in [-0.1, -0.05) is 6.07 Å². The van der Waals surface area contributed by atoms with Crippen molar-refractivity contribution in [2.45, 2.75) is 12.5 Å². The van der Waals surface area contributed by atoms with E-state index in [0.29, 0.717) is 17.6 Å². The fourth-order valence-corrected chi connectivity index (χ4v) is 2.34. The van der Waals surface area contributed by atoms with Crippen molar-refractivity contribution in [1.82, 2.24) is 4.90 Å². The number of carbonyl (C=O) groups is 1. The molecule has 1 saturated heterocycles. The molecule has 0 bridgehead atoms. The molecular formula is C11H13BrClFN2O. The second-order valence-corrected chi connectivity index (χ2v) is 4.75. The van der Waals surface area contributed by atoms with E-state index in [1.807, 2.05) is 0 Å². The minimum atomic E-state index is -0.500. The molecule has 0 aromatic heterocycles. The average Bonchev–Trinajstić information content (AvgIpc) is 2.64. The highest BCUT2D eigenvalue weighted by Crippen LogP contribution is 2.22. The second kappa shape index (κ2) is 5.80. The Morgan fingerprint density at radius 2 is 2.24 bits per heavy atom. The maximum atomic E-state index is 13.5. The number of halogens is 3. The number of hydrogen-bond acceptors (Lipinski definition) is 2. The highest BCUT2D eigenvalue weighted by atomic mass is 79.9. The maximum absolute atomic E-state index is 13.5. The minimum absolute atomic E-state index is 0. The summed E-state index contributed by atoms with van der Waals surface area (Å²) in [4.78, 5) is 13.6. The first-order valence-electron chi connectivity index (χ1n) is 5.08. The number of hydrogen-bond donors (Lipinski definition) is 1. The van der Waals surface area contributed by atoms with E-state index in [-0.39, 0.29) is 29.9 Å². The molecule has 1 aromatic carbocycles. The van der Waals surface area contributed by atoms with E-state index < -0.39 is 5.82 Å². The van der Waals surface area contributed by atoms with Crippen molar-refractivity contribution in [2.24, 2.45) is 5.73 Å². The van der Waals surface area contributed by atoms with Crippen LogP contribution in [0.2, 0.25) is 0 Å². The number of benzene rings is 1. The van der Waals surface area contributed by atoms with Gasteiger partial charge in [-0.3, -0.25) is 4.79 Å². The van der Waals surface area contributed by atoms with Gasteiger partial charge in [0.25, 0.3) is 5.91 Å². The molecule has 1 heterocycles. The molecule has 6 heteroatoms. The van der Waals surface area contributed by atoms with Crippen molar-refractivity contribution >= 4 is 34.2 Å². The van der Waals surface area contributed by atoms with E-state index in [0.717, 1.165) is 6.42 Å². The van der Waals surface area contributed by atoms with Gasteiger partial charge in [0.05, 0.1) is 5.56 Å². The lowest BCUT2D eigenvalue weighted by molar-refractivity contribution is 0.0785. The van der Waals surface area contributed by atoms with E-state index in [4.69, 9.17) is 5.73 Å². The van der Waals surface area contributed by atoms with Crippen LogP contribution in [0.1, 0.15) is 16.8 Å². The van der Waals surface area contributed by atoms with E-state index >= 15 is 0 Å². The van der Waals surface area contributed by atoms with Crippen LogP contribution in [0.4, 0.5) is 4.39 Å². The molecule has 94 valence electrons. The van der Waals surface area contributed by atoms with Crippen LogP contribution in [0.3, 0.4) is 0 Å². The van der Waals surface area contributed by atoms with Crippen LogP contribution in [0.25, 0.3) is 0 Å². The zero-order valence-corrected chi connectivity index (χ0v) is 11.4. The van der Waals surface area contributed by atoms with Crippen molar-refractivity contribution in [2.75, 3.05) is 13.1 Å². The van der Waals surface area contributed by atoms with E-state index in [1.165, 1.54) is 6.07 Å². The van der Waals surface area contributed by atoms with Gasteiger partial charge in [-0.25, -0.2) is 4.39 Å². The topological polar surface area (TPSA) is 46.3 Å². The Kier molecular flexibility index (Phi) is 4.91. The summed E-state index contributed by atoms with van der Waals surface area (Å²) in [5.74, 6) is -0.794. The molecule has 2 N–H and O–H groups in total. The van der Waals surface area contributed by atoms with Crippen molar-refractivity contribution in [3.8, 4) is 0 Å².